The molecule has 0 aliphatic heterocycles. The van der Waals surface area contributed by atoms with Gasteiger partial charge in [-0.2, -0.15) is 5.11 Å². The van der Waals surface area contributed by atoms with E-state index in [4.69, 9.17) is 0 Å². The summed E-state index contributed by atoms with van der Waals surface area (Å²) < 4.78 is 0. The van der Waals surface area contributed by atoms with Gasteiger partial charge in [0.15, 0.2) is 0 Å². The van der Waals surface area contributed by atoms with Crippen LogP contribution < -0.4 is 0 Å². The summed E-state index contributed by atoms with van der Waals surface area (Å²) in [6.07, 6.45) is 0. The fourth-order valence-corrected chi connectivity index (χ4v) is 0.288. The summed E-state index contributed by atoms with van der Waals surface area (Å²) in [5, 5.41) is 7.23. The number of hydrogen-bond acceptors (Lipinski definition) is 2. The number of rotatable bonds is 2. The summed E-state index contributed by atoms with van der Waals surface area (Å²) in [5.74, 6) is -0.184. The quantitative estimate of drug-likeness (QED) is 0.544. The second-order valence-electron chi connectivity index (χ2n) is 2.80. The van der Waals surface area contributed by atoms with Crippen LogP contribution in [0.1, 0.15) is 27.7 Å². The van der Waals surface area contributed by atoms with E-state index in [2.05, 4.69) is 10.2 Å². The second kappa shape index (κ2) is 4.14. The van der Waals surface area contributed by atoms with Crippen molar-refractivity contribution in [1.29, 1.82) is 0 Å². The summed E-state index contributed by atoms with van der Waals surface area (Å²) in [4.78, 5) is 10.8. The van der Waals surface area contributed by atoms with Crippen LogP contribution in [0, 0.1) is 5.92 Å². The molecule has 0 aromatic carbocycles. The number of hydrogen-bond donors (Lipinski definition) is 0. The molecular formula is C7H14N2O. The molecule has 0 N–H and O–H groups in total. The minimum absolute atomic E-state index is 0.0394. The second-order valence-corrected chi connectivity index (χ2v) is 2.80. The van der Waals surface area contributed by atoms with E-state index in [-0.39, 0.29) is 17.9 Å². The van der Waals surface area contributed by atoms with Crippen LogP contribution in [0.4, 0.5) is 0 Å². The zero-order valence-corrected chi connectivity index (χ0v) is 6.96. The van der Waals surface area contributed by atoms with Gasteiger partial charge in [-0.3, -0.25) is 4.79 Å². The van der Waals surface area contributed by atoms with Crippen molar-refractivity contribution in [2.45, 2.75) is 33.7 Å². The molecule has 58 valence electrons. The summed E-state index contributed by atoms with van der Waals surface area (Å²) >= 11 is 0. The Morgan fingerprint density at radius 1 is 1.20 bits per heavy atom. The number of amides is 1. The van der Waals surface area contributed by atoms with Crippen LogP contribution in [-0.4, -0.2) is 11.9 Å². The van der Waals surface area contributed by atoms with Gasteiger partial charge >= 0.3 is 0 Å². The molecule has 0 saturated heterocycles. The molecule has 0 aromatic heterocycles. The molecule has 3 nitrogen and oxygen atoms in total. The molecule has 0 bridgehead atoms. The van der Waals surface area contributed by atoms with E-state index in [0.717, 1.165) is 0 Å². The van der Waals surface area contributed by atoms with Crippen LogP contribution in [0.15, 0.2) is 10.2 Å². The predicted octanol–water partition coefficient (Wildman–Crippen LogP) is 2.03. The van der Waals surface area contributed by atoms with Crippen molar-refractivity contribution in [2.75, 3.05) is 0 Å². The molecule has 0 atom stereocenters. The standard InChI is InChI=1S/C7H14N2O/c1-5(2)7(10)9-8-6(3)4/h5-6H,1-4H3/b9-8+. The maximum absolute atomic E-state index is 10.8. The predicted molar refractivity (Wildman–Crippen MR) is 39.8 cm³/mol. The molecule has 0 rings (SSSR count). The van der Waals surface area contributed by atoms with E-state index < -0.39 is 0 Å². The molecule has 1 amide bonds. The minimum atomic E-state index is -0.145. The summed E-state index contributed by atoms with van der Waals surface area (Å²) in [6, 6.07) is 0.114. The van der Waals surface area contributed by atoms with Crippen LogP contribution in [0.5, 0.6) is 0 Å². The average Bonchev–Trinajstić information content (AvgIpc) is 1.82. The van der Waals surface area contributed by atoms with Crippen molar-refractivity contribution >= 4 is 5.91 Å². The lowest BCUT2D eigenvalue weighted by atomic mass is 10.2. The Labute approximate surface area is 61.5 Å². The summed E-state index contributed by atoms with van der Waals surface area (Å²) in [7, 11) is 0. The number of azo groups is 1. The van der Waals surface area contributed by atoms with E-state index in [1.165, 1.54) is 0 Å². The Hall–Kier alpha value is -0.730. The Bertz CT molecular complexity index is 139. The fourth-order valence-electron chi connectivity index (χ4n) is 0.288. The highest BCUT2D eigenvalue weighted by molar-refractivity contribution is 5.78. The minimum Gasteiger partial charge on any atom is -0.271 e. The Kier molecular flexibility index (Phi) is 3.84. The number of nitrogens with zero attached hydrogens (tertiary/aromatic N) is 2. The Morgan fingerprint density at radius 3 is 2.00 bits per heavy atom. The number of carbonyl (C=O) groups is 1. The molecule has 0 aromatic rings. The zero-order valence-electron chi connectivity index (χ0n) is 6.96. The molecule has 0 spiro atoms. The molecule has 0 unspecified atom stereocenters. The van der Waals surface area contributed by atoms with Gasteiger partial charge in [0.2, 0.25) is 0 Å². The monoisotopic (exact) mass is 142 g/mol. The molecule has 3 heteroatoms. The first-order chi connectivity index (χ1) is 4.54. The smallest absolute Gasteiger partial charge is 0.266 e. The van der Waals surface area contributed by atoms with Crippen LogP contribution in [0.3, 0.4) is 0 Å². The lowest BCUT2D eigenvalue weighted by Crippen LogP contribution is -2.02. The van der Waals surface area contributed by atoms with Crippen LogP contribution in [-0.2, 0) is 4.79 Å². The van der Waals surface area contributed by atoms with Crippen molar-refractivity contribution in [3.05, 3.63) is 0 Å². The van der Waals surface area contributed by atoms with Gasteiger partial charge < -0.3 is 0 Å². The maximum atomic E-state index is 10.8. The lowest BCUT2D eigenvalue weighted by Gasteiger charge is -1.95. The normalized spacial score (nSPS) is 11.8. The molecule has 0 aliphatic rings. The van der Waals surface area contributed by atoms with Gasteiger partial charge in [0, 0.05) is 5.92 Å². The third kappa shape index (κ3) is 4.18. The molecule has 0 fully saturated rings. The highest BCUT2D eigenvalue weighted by atomic mass is 16.1. The third-order valence-electron chi connectivity index (χ3n) is 0.881. The van der Waals surface area contributed by atoms with Gasteiger partial charge in [-0.1, -0.05) is 13.8 Å². The first-order valence-corrected chi connectivity index (χ1v) is 3.48. The van der Waals surface area contributed by atoms with Crippen molar-refractivity contribution in [2.24, 2.45) is 16.1 Å². The van der Waals surface area contributed by atoms with Crippen LogP contribution in [0.25, 0.3) is 0 Å². The van der Waals surface area contributed by atoms with Crippen molar-refractivity contribution in [3.8, 4) is 0 Å². The Morgan fingerprint density at radius 2 is 1.70 bits per heavy atom. The van der Waals surface area contributed by atoms with Gasteiger partial charge in [-0.05, 0) is 13.8 Å². The van der Waals surface area contributed by atoms with Gasteiger partial charge in [0.25, 0.3) is 5.91 Å². The lowest BCUT2D eigenvalue weighted by molar-refractivity contribution is -0.121. The Balaban J connectivity index is 3.79. The van der Waals surface area contributed by atoms with Gasteiger partial charge in [-0.25, -0.2) is 0 Å². The van der Waals surface area contributed by atoms with E-state index >= 15 is 0 Å². The van der Waals surface area contributed by atoms with E-state index in [0.29, 0.717) is 0 Å². The van der Waals surface area contributed by atoms with E-state index in [9.17, 15) is 4.79 Å². The molecule has 10 heavy (non-hydrogen) atoms. The van der Waals surface area contributed by atoms with Crippen molar-refractivity contribution in [3.63, 3.8) is 0 Å². The largest absolute Gasteiger partial charge is 0.271 e. The van der Waals surface area contributed by atoms with E-state index in [1.807, 2.05) is 27.7 Å². The topological polar surface area (TPSA) is 41.8 Å². The van der Waals surface area contributed by atoms with Gasteiger partial charge in [0.1, 0.15) is 0 Å². The fraction of sp³-hybridized carbons (Fsp3) is 0.857. The molecule has 0 aliphatic carbocycles. The zero-order chi connectivity index (χ0) is 8.15. The molecular weight excluding hydrogens is 128 g/mol. The molecule has 0 radical (unpaired) electrons. The summed E-state index contributed by atoms with van der Waals surface area (Å²) in [5.41, 5.74) is 0. The van der Waals surface area contributed by atoms with Crippen molar-refractivity contribution < 1.29 is 4.79 Å². The molecule has 0 heterocycles. The molecule has 0 saturated carbocycles. The first-order valence-electron chi connectivity index (χ1n) is 3.48. The maximum Gasteiger partial charge on any atom is 0.266 e. The van der Waals surface area contributed by atoms with E-state index in [1.54, 1.807) is 0 Å². The first kappa shape index (κ1) is 9.27. The van der Waals surface area contributed by atoms with Gasteiger partial charge in [-0.15, -0.1) is 5.11 Å². The van der Waals surface area contributed by atoms with Crippen molar-refractivity contribution in [1.82, 2.24) is 0 Å². The highest BCUT2D eigenvalue weighted by Gasteiger charge is 2.03. The summed E-state index contributed by atoms with van der Waals surface area (Å²) in [6.45, 7) is 7.39. The SMILES string of the molecule is CC(C)/N=N/C(=O)C(C)C. The van der Waals surface area contributed by atoms with Gasteiger partial charge in [0.05, 0.1) is 6.04 Å². The highest BCUT2D eigenvalue weighted by Crippen LogP contribution is 1.97. The third-order valence-corrected chi connectivity index (χ3v) is 0.881. The average molecular weight is 142 g/mol. The van der Waals surface area contributed by atoms with Crippen LogP contribution in [0.2, 0.25) is 0 Å². The number of carbonyl (C=O) groups excluding carboxylic acids is 1. The van der Waals surface area contributed by atoms with Crippen LogP contribution >= 0.6 is 0 Å².